The summed E-state index contributed by atoms with van der Waals surface area (Å²) >= 11 is 0. The average Bonchev–Trinajstić information content (AvgIpc) is 2.55. The van der Waals surface area contributed by atoms with E-state index in [0.29, 0.717) is 19.3 Å². The van der Waals surface area contributed by atoms with Crippen LogP contribution in [-0.4, -0.2) is 29.4 Å². The molecule has 0 aliphatic heterocycles. The Balaban J connectivity index is 0. The van der Waals surface area contributed by atoms with E-state index in [2.05, 4.69) is 13.8 Å². The maximum absolute atomic E-state index is 11.4. The van der Waals surface area contributed by atoms with Crippen LogP contribution in [0.2, 0.25) is 0 Å². The van der Waals surface area contributed by atoms with Gasteiger partial charge in [-0.3, -0.25) is 0 Å². The molecular formula is C20H41NaO4S. The molecule has 0 fully saturated rings. The molecule has 2 atom stereocenters. The van der Waals surface area contributed by atoms with Gasteiger partial charge >= 0.3 is 29.6 Å². The summed E-state index contributed by atoms with van der Waals surface area (Å²) in [5.74, 6) is 0. The Hall–Kier alpha value is 0.870. The summed E-state index contributed by atoms with van der Waals surface area (Å²) in [6.07, 6.45) is 15.3. The van der Waals surface area contributed by atoms with E-state index in [0.717, 1.165) is 44.9 Å². The largest absolute Gasteiger partial charge is 1.00 e. The van der Waals surface area contributed by atoms with E-state index in [1.807, 2.05) is 0 Å². The minimum atomic E-state index is -4.42. The fourth-order valence-electron chi connectivity index (χ4n) is 3.33. The summed E-state index contributed by atoms with van der Waals surface area (Å²) < 4.78 is 34.3. The summed E-state index contributed by atoms with van der Waals surface area (Å²) in [5.41, 5.74) is 0. The van der Waals surface area contributed by atoms with Crippen molar-refractivity contribution in [2.75, 3.05) is 0 Å². The summed E-state index contributed by atoms with van der Waals surface area (Å²) in [6, 6.07) is 0. The molecule has 0 heterocycles. The Labute approximate surface area is 185 Å². The molecule has 0 saturated heterocycles. The summed E-state index contributed by atoms with van der Waals surface area (Å²) in [5, 5.41) is 9.05. The van der Waals surface area contributed by atoms with E-state index in [1.165, 1.54) is 38.5 Å². The van der Waals surface area contributed by atoms with Crippen LogP contribution in [0.4, 0.5) is 0 Å². The van der Waals surface area contributed by atoms with E-state index in [9.17, 15) is 18.1 Å². The van der Waals surface area contributed by atoms with Crippen molar-refractivity contribution < 1.29 is 47.6 Å². The van der Waals surface area contributed by atoms with Crippen molar-refractivity contribution in [3.05, 3.63) is 0 Å². The first kappa shape index (κ1) is 29.1. The SMILES string of the molecule is CCCCCCCCCCCC(O)C(CCCCCCC)S(=O)(=O)[O-].[Na+]. The summed E-state index contributed by atoms with van der Waals surface area (Å²) in [7, 11) is -4.42. The van der Waals surface area contributed by atoms with Crippen LogP contribution in [0.5, 0.6) is 0 Å². The molecule has 6 heteroatoms. The van der Waals surface area contributed by atoms with Gasteiger partial charge in [-0.05, 0) is 12.8 Å². The van der Waals surface area contributed by atoms with Gasteiger partial charge in [-0.1, -0.05) is 104 Å². The van der Waals surface area contributed by atoms with E-state index in [4.69, 9.17) is 0 Å². The minimum Gasteiger partial charge on any atom is -0.748 e. The van der Waals surface area contributed by atoms with Crippen LogP contribution in [-0.2, 0) is 10.1 Å². The van der Waals surface area contributed by atoms with E-state index >= 15 is 0 Å². The molecule has 0 amide bonds. The van der Waals surface area contributed by atoms with Crippen LogP contribution in [0.25, 0.3) is 0 Å². The van der Waals surface area contributed by atoms with Crippen molar-refractivity contribution in [3.8, 4) is 0 Å². The molecule has 0 aromatic carbocycles. The third-order valence-corrected chi connectivity index (χ3v) is 6.29. The van der Waals surface area contributed by atoms with Gasteiger partial charge in [0.1, 0.15) is 10.1 Å². The molecule has 0 aromatic rings. The van der Waals surface area contributed by atoms with Gasteiger partial charge in [0, 0.05) is 0 Å². The minimum absolute atomic E-state index is 0. The van der Waals surface area contributed by atoms with Crippen LogP contribution in [0.1, 0.15) is 117 Å². The van der Waals surface area contributed by atoms with Crippen molar-refractivity contribution in [1.29, 1.82) is 0 Å². The normalized spacial score (nSPS) is 14.0. The second kappa shape index (κ2) is 19.2. The molecule has 152 valence electrons. The van der Waals surface area contributed by atoms with E-state index in [-0.39, 0.29) is 29.6 Å². The molecule has 0 bridgehead atoms. The molecule has 0 rings (SSSR count). The van der Waals surface area contributed by atoms with Crippen molar-refractivity contribution >= 4 is 10.1 Å². The van der Waals surface area contributed by atoms with Crippen LogP contribution in [0, 0.1) is 0 Å². The van der Waals surface area contributed by atoms with Gasteiger partial charge in [0.25, 0.3) is 0 Å². The fourth-order valence-corrected chi connectivity index (χ4v) is 4.30. The van der Waals surface area contributed by atoms with Crippen LogP contribution < -0.4 is 29.6 Å². The van der Waals surface area contributed by atoms with Crippen molar-refractivity contribution in [1.82, 2.24) is 0 Å². The zero-order valence-electron chi connectivity index (χ0n) is 17.5. The van der Waals surface area contributed by atoms with Gasteiger partial charge in [-0.2, -0.15) is 0 Å². The molecule has 0 aliphatic rings. The standard InChI is InChI=1S/C20H42O4S.Na/c1-3-5-7-9-10-11-12-14-15-17-19(21)20(25(22,23)24)18-16-13-8-6-4-2;/h19-21H,3-18H2,1-2H3,(H,22,23,24);/q;+1/p-1. The first-order valence-electron chi connectivity index (χ1n) is 10.6. The third-order valence-electron chi connectivity index (χ3n) is 5.00. The van der Waals surface area contributed by atoms with Gasteiger partial charge in [-0.25, -0.2) is 8.42 Å². The van der Waals surface area contributed by atoms with Gasteiger partial charge < -0.3 is 9.66 Å². The summed E-state index contributed by atoms with van der Waals surface area (Å²) in [6.45, 7) is 4.34. The predicted molar refractivity (Wildman–Crippen MR) is 105 cm³/mol. The van der Waals surface area contributed by atoms with Crippen molar-refractivity contribution in [2.45, 2.75) is 128 Å². The van der Waals surface area contributed by atoms with Crippen molar-refractivity contribution in [2.24, 2.45) is 0 Å². The molecule has 0 aliphatic carbocycles. The van der Waals surface area contributed by atoms with Gasteiger partial charge in [0.15, 0.2) is 0 Å². The second-order valence-corrected chi connectivity index (χ2v) is 9.01. The average molecular weight is 401 g/mol. The maximum Gasteiger partial charge on any atom is 1.00 e. The Morgan fingerprint density at radius 2 is 1.04 bits per heavy atom. The summed E-state index contributed by atoms with van der Waals surface area (Å²) in [4.78, 5) is 0. The quantitative estimate of drug-likeness (QED) is 0.218. The number of rotatable bonds is 18. The number of aliphatic hydroxyl groups excluding tert-OH is 1. The topological polar surface area (TPSA) is 77.4 Å². The van der Waals surface area contributed by atoms with Gasteiger partial charge in [0.2, 0.25) is 0 Å². The van der Waals surface area contributed by atoms with Crippen molar-refractivity contribution in [3.63, 3.8) is 0 Å². The zero-order chi connectivity index (χ0) is 19.0. The molecular weight excluding hydrogens is 359 g/mol. The van der Waals surface area contributed by atoms with Crippen LogP contribution in [0.3, 0.4) is 0 Å². The van der Waals surface area contributed by atoms with Gasteiger partial charge in [0.05, 0.1) is 11.4 Å². The Morgan fingerprint density at radius 1 is 0.692 bits per heavy atom. The van der Waals surface area contributed by atoms with Crippen LogP contribution in [0.15, 0.2) is 0 Å². The Kier molecular flexibility index (Phi) is 21.5. The molecule has 4 nitrogen and oxygen atoms in total. The molecule has 26 heavy (non-hydrogen) atoms. The maximum atomic E-state index is 11.4. The fraction of sp³-hybridized carbons (Fsp3) is 1.00. The number of aliphatic hydroxyl groups is 1. The Morgan fingerprint density at radius 3 is 1.42 bits per heavy atom. The smallest absolute Gasteiger partial charge is 0.748 e. The monoisotopic (exact) mass is 400 g/mol. The number of hydrogen-bond acceptors (Lipinski definition) is 4. The first-order chi connectivity index (χ1) is 11.9. The molecule has 0 radical (unpaired) electrons. The molecule has 2 unspecified atom stereocenters. The second-order valence-electron chi connectivity index (χ2n) is 7.42. The molecule has 0 aromatic heterocycles. The van der Waals surface area contributed by atoms with E-state index < -0.39 is 21.5 Å². The number of hydrogen-bond donors (Lipinski definition) is 1. The number of unbranched alkanes of at least 4 members (excludes halogenated alkanes) is 12. The Bertz CT molecular complexity index is 387. The first-order valence-corrected chi connectivity index (χ1v) is 12.0. The molecule has 0 spiro atoms. The third kappa shape index (κ3) is 17.0. The zero-order valence-corrected chi connectivity index (χ0v) is 20.4. The van der Waals surface area contributed by atoms with E-state index in [1.54, 1.807) is 0 Å². The van der Waals surface area contributed by atoms with Crippen LogP contribution >= 0.6 is 0 Å². The predicted octanol–water partition coefficient (Wildman–Crippen LogP) is 2.55. The molecule has 1 N–H and O–H groups in total. The van der Waals surface area contributed by atoms with Gasteiger partial charge in [-0.15, -0.1) is 0 Å². The molecule has 0 saturated carbocycles.